The Morgan fingerprint density at radius 2 is 2.14 bits per heavy atom. The van der Waals surface area contributed by atoms with Crippen LogP contribution >= 0.6 is 11.3 Å². The van der Waals surface area contributed by atoms with Crippen molar-refractivity contribution in [1.29, 1.82) is 0 Å². The molecule has 1 N–H and O–H groups in total. The standard InChI is InChI=1S/C18H29NOS/c1-3-15-7-8-16(21-15)17(19-4-2)14-9-12-20-18(13-14)10-5-6-11-18/h7-8,14,17,19H,3-6,9-13H2,1-2H3. The van der Waals surface area contributed by atoms with Crippen LogP contribution in [0.4, 0.5) is 0 Å². The molecule has 0 bridgehead atoms. The molecule has 1 saturated heterocycles. The van der Waals surface area contributed by atoms with Crippen LogP contribution in [0.3, 0.4) is 0 Å². The third kappa shape index (κ3) is 3.35. The molecule has 118 valence electrons. The number of hydrogen-bond donors (Lipinski definition) is 1. The summed E-state index contributed by atoms with van der Waals surface area (Å²) in [5.74, 6) is 0.736. The normalized spacial score (nSPS) is 26.3. The Balaban J connectivity index is 1.76. The number of aryl methyl sites for hydroxylation is 1. The van der Waals surface area contributed by atoms with E-state index < -0.39 is 0 Å². The molecule has 2 unspecified atom stereocenters. The van der Waals surface area contributed by atoms with E-state index in [0.29, 0.717) is 6.04 Å². The average molecular weight is 308 g/mol. The predicted molar refractivity (Wildman–Crippen MR) is 90.0 cm³/mol. The fraction of sp³-hybridized carbons (Fsp3) is 0.778. The van der Waals surface area contributed by atoms with E-state index in [1.165, 1.54) is 48.3 Å². The van der Waals surface area contributed by atoms with Crippen LogP contribution in [0.25, 0.3) is 0 Å². The predicted octanol–water partition coefficient (Wildman–Crippen LogP) is 4.70. The van der Waals surface area contributed by atoms with Crippen LogP contribution in [0.5, 0.6) is 0 Å². The van der Waals surface area contributed by atoms with Crippen LogP contribution in [0.1, 0.15) is 68.2 Å². The van der Waals surface area contributed by atoms with E-state index in [1.54, 1.807) is 0 Å². The zero-order chi connectivity index (χ0) is 14.7. The van der Waals surface area contributed by atoms with E-state index in [4.69, 9.17) is 4.74 Å². The first-order valence-corrected chi connectivity index (χ1v) is 9.54. The maximum absolute atomic E-state index is 6.22. The van der Waals surface area contributed by atoms with Crippen molar-refractivity contribution in [3.63, 3.8) is 0 Å². The molecule has 2 fully saturated rings. The van der Waals surface area contributed by atoms with Gasteiger partial charge in [0.2, 0.25) is 0 Å². The lowest BCUT2D eigenvalue weighted by atomic mass is 9.80. The Morgan fingerprint density at radius 3 is 2.81 bits per heavy atom. The van der Waals surface area contributed by atoms with Crippen molar-refractivity contribution in [1.82, 2.24) is 5.32 Å². The number of hydrogen-bond acceptors (Lipinski definition) is 3. The minimum absolute atomic E-state index is 0.224. The highest BCUT2D eigenvalue weighted by molar-refractivity contribution is 7.12. The maximum Gasteiger partial charge on any atom is 0.0686 e. The number of rotatable bonds is 5. The molecule has 1 saturated carbocycles. The van der Waals surface area contributed by atoms with Gasteiger partial charge < -0.3 is 10.1 Å². The molecule has 0 aromatic carbocycles. The van der Waals surface area contributed by atoms with Gasteiger partial charge in [0, 0.05) is 22.4 Å². The van der Waals surface area contributed by atoms with Crippen molar-refractivity contribution in [2.24, 2.45) is 5.92 Å². The SMILES string of the molecule is CCNC(c1ccc(CC)s1)C1CCOC2(CCCC2)C1. The summed E-state index contributed by atoms with van der Waals surface area (Å²) in [6.45, 7) is 6.48. The molecule has 0 radical (unpaired) electrons. The summed E-state index contributed by atoms with van der Waals surface area (Å²) in [6.07, 6.45) is 8.90. The summed E-state index contributed by atoms with van der Waals surface area (Å²) < 4.78 is 6.22. The Morgan fingerprint density at radius 1 is 1.33 bits per heavy atom. The molecule has 1 aliphatic heterocycles. The Labute approximate surface area is 133 Å². The Hall–Kier alpha value is -0.380. The molecule has 2 aliphatic rings. The van der Waals surface area contributed by atoms with Crippen molar-refractivity contribution in [2.45, 2.75) is 70.4 Å². The summed E-state index contributed by atoms with van der Waals surface area (Å²) in [6, 6.07) is 5.20. The molecular weight excluding hydrogens is 278 g/mol. The van der Waals surface area contributed by atoms with E-state index in [0.717, 1.165) is 25.5 Å². The van der Waals surface area contributed by atoms with Crippen LogP contribution in [0.2, 0.25) is 0 Å². The van der Waals surface area contributed by atoms with E-state index in [-0.39, 0.29) is 5.60 Å². The van der Waals surface area contributed by atoms with Crippen molar-refractivity contribution < 1.29 is 4.74 Å². The highest BCUT2D eigenvalue weighted by atomic mass is 32.1. The van der Waals surface area contributed by atoms with Gasteiger partial charge in [0.1, 0.15) is 0 Å². The lowest BCUT2D eigenvalue weighted by molar-refractivity contribution is -0.0979. The summed E-state index contributed by atoms with van der Waals surface area (Å²) >= 11 is 2.00. The fourth-order valence-corrected chi connectivity index (χ4v) is 5.31. The molecule has 3 rings (SSSR count). The molecule has 1 aromatic heterocycles. The quantitative estimate of drug-likeness (QED) is 0.851. The summed E-state index contributed by atoms with van der Waals surface area (Å²) in [5.41, 5.74) is 0.224. The third-order valence-corrected chi connectivity index (χ3v) is 6.59. The number of ether oxygens (including phenoxy) is 1. The highest BCUT2D eigenvalue weighted by Gasteiger charge is 2.42. The zero-order valence-corrected chi connectivity index (χ0v) is 14.3. The van der Waals surface area contributed by atoms with E-state index >= 15 is 0 Å². The van der Waals surface area contributed by atoms with Crippen molar-refractivity contribution in [3.8, 4) is 0 Å². The lowest BCUT2D eigenvalue weighted by Gasteiger charge is -2.41. The molecule has 1 aromatic rings. The average Bonchev–Trinajstić information content (AvgIpc) is 3.14. The second-order valence-corrected chi connectivity index (χ2v) is 7.88. The first-order chi connectivity index (χ1) is 10.3. The highest BCUT2D eigenvalue weighted by Crippen LogP contribution is 2.46. The van der Waals surface area contributed by atoms with Gasteiger partial charge in [0.05, 0.1) is 5.60 Å². The number of thiophene rings is 1. The van der Waals surface area contributed by atoms with Crippen LogP contribution in [0, 0.1) is 5.92 Å². The molecule has 0 amide bonds. The topological polar surface area (TPSA) is 21.3 Å². The minimum atomic E-state index is 0.224. The van der Waals surface area contributed by atoms with Crippen LogP contribution in [-0.4, -0.2) is 18.8 Å². The summed E-state index contributed by atoms with van der Waals surface area (Å²) in [7, 11) is 0. The van der Waals surface area contributed by atoms with Gasteiger partial charge in [-0.1, -0.05) is 26.7 Å². The van der Waals surface area contributed by atoms with Gasteiger partial charge in [-0.15, -0.1) is 11.3 Å². The van der Waals surface area contributed by atoms with Gasteiger partial charge in [-0.3, -0.25) is 0 Å². The molecule has 21 heavy (non-hydrogen) atoms. The van der Waals surface area contributed by atoms with Gasteiger partial charge in [0.15, 0.2) is 0 Å². The smallest absolute Gasteiger partial charge is 0.0686 e. The monoisotopic (exact) mass is 307 g/mol. The molecular formula is C18H29NOS. The largest absolute Gasteiger partial charge is 0.375 e. The molecule has 2 atom stereocenters. The van der Waals surface area contributed by atoms with Crippen LogP contribution in [0.15, 0.2) is 12.1 Å². The first kappa shape index (κ1) is 15.5. The maximum atomic E-state index is 6.22. The van der Waals surface area contributed by atoms with E-state index in [2.05, 4.69) is 31.3 Å². The summed E-state index contributed by atoms with van der Waals surface area (Å²) in [4.78, 5) is 3.05. The second-order valence-electron chi connectivity index (χ2n) is 6.68. The Bertz CT molecular complexity index is 450. The van der Waals surface area contributed by atoms with E-state index in [1.807, 2.05) is 11.3 Å². The van der Waals surface area contributed by atoms with Gasteiger partial charge in [-0.05, 0) is 56.7 Å². The van der Waals surface area contributed by atoms with Gasteiger partial charge in [-0.25, -0.2) is 0 Å². The molecule has 2 heterocycles. The minimum Gasteiger partial charge on any atom is -0.375 e. The lowest BCUT2D eigenvalue weighted by Crippen LogP contribution is -2.41. The second kappa shape index (κ2) is 6.80. The molecule has 3 heteroatoms. The van der Waals surface area contributed by atoms with Crippen molar-refractivity contribution >= 4 is 11.3 Å². The third-order valence-electron chi connectivity index (χ3n) is 5.28. The first-order valence-electron chi connectivity index (χ1n) is 8.72. The van der Waals surface area contributed by atoms with Gasteiger partial charge in [0.25, 0.3) is 0 Å². The van der Waals surface area contributed by atoms with Gasteiger partial charge in [-0.2, -0.15) is 0 Å². The molecule has 1 spiro atoms. The molecule has 2 nitrogen and oxygen atoms in total. The summed E-state index contributed by atoms with van der Waals surface area (Å²) in [5, 5.41) is 3.77. The van der Waals surface area contributed by atoms with Crippen molar-refractivity contribution in [3.05, 3.63) is 21.9 Å². The Kier molecular flexibility index (Phi) is 5.03. The van der Waals surface area contributed by atoms with Crippen LogP contribution in [-0.2, 0) is 11.2 Å². The van der Waals surface area contributed by atoms with Gasteiger partial charge >= 0.3 is 0 Å². The van der Waals surface area contributed by atoms with Crippen molar-refractivity contribution in [2.75, 3.05) is 13.2 Å². The zero-order valence-electron chi connectivity index (χ0n) is 13.5. The fourth-order valence-electron chi connectivity index (χ4n) is 4.19. The molecule has 1 aliphatic carbocycles. The van der Waals surface area contributed by atoms with E-state index in [9.17, 15) is 0 Å². The number of nitrogens with one attached hydrogen (secondary N) is 1. The van der Waals surface area contributed by atoms with Crippen LogP contribution < -0.4 is 5.32 Å².